The van der Waals surface area contributed by atoms with E-state index in [1.807, 2.05) is 19.9 Å². The van der Waals surface area contributed by atoms with Crippen molar-refractivity contribution in [1.29, 1.82) is 0 Å². The Morgan fingerprint density at radius 2 is 1.95 bits per heavy atom. The minimum atomic E-state index is 0.375. The number of carbonyl (C=O) groups excluding carboxylic acids is 1. The Morgan fingerprint density at radius 3 is 2.55 bits per heavy atom. The Balaban J connectivity index is 2.39. The summed E-state index contributed by atoms with van der Waals surface area (Å²) in [5.41, 5.74) is 3.71. The van der Waals surface area contributed by atoms with Crippen molar-refractivity contribution >= 4 is 6.29 Å². The van der Waals surface area contributed by atoms with Crippen molar-refractivity contribution in [2.75, 3.05) is 0 Å². The fourth-order valence-corrected chi connectivity index (χ4v) is 2.07. The monoisotopic (exact) mass is 269 g/mol. The van der Waals surface area contributed by atoms with Crippen LogP contribution >= 0.6 is 0 Å². The first-order valence-electron chi connectivity index (χ1n) is 6.71. The van der Waals surface area contributed by atoms with Crippen LogP contribution in [0.5, 0.6) is 11.6 Å². The summed E-state index contributed by atoms with van der Waals surface area (Å²) in [6.45, 7) is 8.19. The molecule has 0 N–H and O–H groups in total. The molecule has 0 fully saturated rings. The van der Waals surface area contributed by atoms with Crippen LogP contribution in [-0.4, -0.2) is 11.3 Å². The number of hydrogen-bond donors (Lipinski definition) is 0. The highest BCUT2D eigenvalue weighted by Gasteiger charge is 2.11. The van der Waals surface area contributed by atoms with E-state index in [9.17, 15) is 4.79 Å². The predicted octanol–water partition coefficient (Wildman–Crippen LogP) is 4.43. The van der Waals surface area contributed by atoms with E-state index in [1.54, 1.807) is 6.07 Å². The van der Waals surface area contributed by atoms with Gasteiger partial charge in [-0.25, -0.2) is 4.98 Å². The third kappa shape index (κ3) is 3.05. The molecule has 0 unspecified atom stereocenters. The van der Waals surface area contributed by atoms with Crippen molar-refractivity contribution in [1.82, 2.24) is 4.98 Å². The zero-order chi connectivity index (χ0) is 14.7. The number of carbonyl (C=O) groups is 1. The molecule has 20 heavy (non-hydrogen) atoms. The Kier molecular flexibility index (Phi) is 4.18. The van der Waals surface area contributed by atoms with Gasteiger partial charge >= 0.3 is 0 Å². The highest BCUT2D eigenvalue weighted by atomic mass is 16.5. The van der Waals surface area contributed by atoms with Gasteiger partial charge in [0.15, 0.2) is 6.29 Å². The summed E-state index contributed by atoms with van der Waals surface area (Å²) < 4.78 is 5.95. The van der Waals surface area contributed by atoms with Crippen LogP contribution in [-0.2, 0) is 0 Å². The van der Waals surface area contributed by atoms with Crippen LogP contribution < -0.4 is 4.74 Å². The number of nitrogens with zero attached hydrogens (tertiary/aromatic N) is 1. The maximum absolute atomic E-state index is 10.7. The lowest BCUT2D eigenvalue weighted by molar-refractivity contribution is 0.112. The molecule has 3 nitrogen and oxygen atoms in total. The van der Waals surface area contributed by atoms with Crippen LogP contribution in [0.3, 0.4) is 0 Å². The zero-order valence-corrected chi connectivity index (χ0v) is 12.3. The van der Waals surface area contributed by atoms with Crippen LogP contribution in [0.2, 0.25) is 0 Å². The number of benzene rings is 1. The maximum Gasteiger partial charge on any atom is 0.222 e. The Morgan fingerprint density at radius 1 is 1.20 bits per heavy atom. The van der Waals surface area contributed by atoms with Crippen LogP contribution in [0.4, 0.5) is 0 Å². The molecule has 0 aliphatic heterocycles. The van der Waals surface area contributed by atoms with Gasteiger partial charge in [-0.1, -0.05) is 26.0 Å². The van der Waals surface area contributed by atoms with Crippen LogP contribution in [0.25, 0.3) is 0 Å². The number of aromatic nitrogens is 1. The largest absolute Gasteiger partial charge is 0.438 e. The summed E-state index contributed by atoms with van der Waals surface area (Å²) in [6.07, 6.45) is 2.32. The van der Waals surface area contributed by atoms with Gasteiger partial charge in [-0.05, 0) is 43.0 Å². The SMILES string of the molecule is Cc1ccc(C(C)C)c(Oc2ncc(C=O)cc2C)c1. The van der Waals surface area contributed by atoms with Gasteiger partial charge in [-0.15, -0.1) is 0 Å². The van der Waals surface area contributed by atoms with Gasteiger partial charge in [0.05, 0.1) is 0 Å². The Hall–Kier alpha value is -2.16. The number of rotatable bonds is 4. The number of aldehydes is 1. The van der Waals surface area contributed by atoms with Gasteiger partial charge < -0.3 is 4.74 Å². The number of pyridine rings is 1. The highest BCUT2D eigenvalue weighted by Crippen LogP contribution is 2.31. The molecule has 104 valence electrons. The molecule has 0 atom stereocenters. The molecule has 3 heteroatoms. The van der Waals surface area contributed by atoms with Gasteiger partial charge in [-0.2, -0.15) is 0 Å². The quantitative estimate of drug-likeness (QED) is 0.771. The molecule has 0 spiro atoms. The summed E-state index contributed by atoms with van der Waals surface area (Å²) in [5, 5.41) is 0. The molecule has 0 aliphatic carbocycles. The van der Waals surface area contributed by atoms with Gasteiger partial charge in [0.1, 0.15) is 5.75 Å². The van der Waals surface area contributed by atoms with E-state index < -0.39 is 0 Å². The average Bonchev–Trinajstić information content (AvgIpc) is 2.40. The van der Waals surface area contributed by atoms with Gasteiger partial charge in [0.2, 0.25) is 5.88 Å². The molecule has 0 saturated heterocycles. The maximum atomic E-state index is 10.7. The van der Waals surface area contributed by atoms with Crippen molar-refractivity contribution < 1.29 is 9.53 Å². The molecule has 0 radical (unpaired) electrons. The fourth-order valence-electron chi connectivity index (χ4n) is 2.07. The number of aryl methyl sites for hydroxylation is 2. The molecule has 1 aromatic carbocycles. The molecular weight excluding hydrogens is 250 g/mol. The summed E-state index contributed by atoms with van der Waals surface area (Å²) >= 11 is 0. The molecule has 0 amide bonds. The highest BCUT2D eigenvalue weighted by molar-refractivity contribution is 5.74. The second-order valence-electron chi connectivity index (χ2n) is 5.31. The van der Waals surface area contributed by atoms with Crippen molar-refractivity contribution in [3.63, 3.8) is 0 Å². The van der Waals surface area contributed by atoms with Crippen molar-refractivity contribution in [2.45, 2.75) is 33.6 Å². The lowest BCUT2D eigenvalue weighted by Crippen LogP contribution is -1.98. The molecule has 0 bridgehead atoms. The van der Waals surface area contributed by atoms with E-state index in [2.05, 4.69) is 31.0 Å². The second-order valence-corrected chi connectivity index (χ2v) is 5.31. The van der Waals surface area contributed by atoms with Crippen LogP contribution in [0.1, 0.15) is 46.8 Å². The van der Waals surface area contributed by atoms with Gasteiger partial charge in [-0.3, -0.25) is 4.79 Å². The third-order valence-electron chi connectivity index (χ3n) is 3.19. The predicted molar refractivity (Wildman–Crippen MR) is 79.7 cm³/mol. The first kappa shape index (κ1) is 14.3. The van der Waals surface area contributed by atoms with E-state index in [4.69, 9.17) is 4.74 Å². The first-order chi connectivity index (χ1) is 9.51. The smallest absolute Gasteiger partial charge is 0.222 e. The van der Waals surface area contributed by atoms with Crippen LogP contribution in [0.15, 0.2) is 30.5 Å². The van der Waals surface area contributed by atoms with Crippen molar-refractivity contribution in [2.24, 2.45) is 0 Å². The molecule has 2 rings (SSSR count). The van der Waals surface area contributed by atoms with Gasteiger partial charge in [0, 0.05) is 17.3 Å². The average molecular weight is 269 g/mol. The second kappa shape index (κ2) is 5.87. The summed E-state index contributed by atoms with van der Waals surface area (Å²) in [6, 6.07) is 7.96. The van der Waals surface area contributed by atoms with E-state index >= 15 is 0 Å². The standard InChI is InChI=1S/C17H19NO2/c1-11(2)15-6-5-12(3)7-16(15)20-17-13(4)8-14(10-19)9-18-17/h5-11H,1-4H3. The Labute approximate surface area is 119 Å². The van der Waals surface area contributed by atoms with E-state index in [0.29, 0.717) is 17.4 Å². The van der Waals surface area contributed by atoms with Crippen molar-refractivity contribution in [3.05, 3.63) is 52.7 Å². The molecule has 2 aromatic rings. The summed E-state index contributed by atoms with van der Waals surface area (Å²) in [5.74, 6) is 1.75. The van der Waals surface area contributed by atoms with Crippen molar-refractivity contribution in [3.8, 4) is 11.6 Å². The minimum absolute atomic E-state index is 0.375. The number of ether oxygens (including phenoxy) is 1. The van der Waals surface area contributed by atoms with E-state index in [0.717, 1.165) is 28.7 Å². The summed E-state index contributed by atoms with van der Waals surface area (Å²) in [4.78, 5) is 15.0. The third-order valence-corrected chi connectivity index (χ3v) is 3.19. The topological polar surface area (TPSA) is 39.2 Å². The van der Waals surface area contributed by atoms with E-state index in [-0.39, 0.29) is 0 Å². The fraction of sp³-hybridized carbons (Fsp3) is 0.294. The molecule has 1 heterocycles. The lowest BCUT2D eigenvalue weighted by Gasteiger charge is -2.15. The summed E-state index contributed by atoms with van der Waals surface area (Å²) in [7, 11) is 0. The molecule has 0 aliphatic rings. The van der Waals surface area contributed by atoms with Gasteiger partial charge in [0.25, 0.3) is 0 Å². The first-order valence-corrected chi connectivity index (χ1v) is 6.71. The molecule has 1 aromatic heterocycles. The normalized spacial score (nSPS) is 10.7. The van der Waals surface area contributed by atoms with E-state index in [1.165, 1.54) is 6.20 Å². The lowest BCUT2D eigenvalue weighted by atomic mass is 10.0. The zero-order valence-electron chi connectivity index (χ0n) is 12.3. The Bertz CT molecular complexity index is 633. The number of hydrogen-bond acceptors (Lipinski definition) is 3. The van der Waals surface area contributed by atoms with Crippen LogP contribution in [0, 0.1) is 13.8 Å². The molecule has 0 saturated carbocycles. The molecular formula is C17H19NO2. The minimum Gasteiger partial charge on any atom is -0.438 e.